The summed E-state index contributed by atoms with van der Waals surface area (Å²) in [6.45, 7) is 0. The van der Waals surface area contributed by atoms with E-state index in [1.165, 1.54) is 0 Å². The predicted octanol–water partition coefficient (Wildman–Crippen LogP) is 3.62. The first kappa shape index (κ1) is 15.0. The number of ether oxygens (including phenoxy) is 1. The molecular formula is C14H7F5O2. The molecule has 0 heterocycles. The molecule has 110 valence electrons. The highest BCUT2D eigenvalue weighted by molar-refractivity contribution is 6.11. The van der Waals surface area contributed by atoms with Gasteiger partial charge in [0.1, 0.15) is 0 Å². The number of methoxy groups -OCH3 is 1. The predicted molar refractivity (Wildman–Crippen MR) is 62.7 cm³/mol. The number of carbonyl (C=O) groups excluding carboxylic acids is 1. The second-order valence-corrected chi connectivity index (χ2v) is 4.00. The Bertz CT molecular complexity index is 728. The maximum absolute atomic E-state index is 13.6. The van der Waals surface area contributed by atoms with Gasteiger partial charge in [-0.2, -0.15) is 4.39 Å². The van der Waals surface area contributed by atoms with Gasteiger partial charge in [-0.1, -0.05) is 6.07 Å². The minimum Gasteiger partial charge on any atom is -0.493 e. The average Bonchev–Trinajstić information content (AvgIpc) is 2.46. The molecule has 0 aromatic heterocycles. The van der Waals surface area contributed by atoms with Gasteiger partial charge in [0, 0.05) is 0 Å². The van der Waals surface area contributed by atoms with Crippen LogP contribution >= 0.6 is 0 Å². The van der Waals surface area contributed by atoms with Gasteiger partial charge in [0.05, 0.1) is 18.2 Å². The lowest BCUT2D eigenvalue weighted by Gasteiger charge is -2.10. The Hall–Kier alpha value is -2.44. The Morgan fingerprint density at radius 1 is 0.905 bits per heavy atom. The number of hydrogen-bond acceptors (Lipinski definition) is 2. The molecule has 0 saturated carbocycles. The summed E-state index contributed by atoms with van der Waals surface area (Å²) >= 11 is 0. The molecule has 0 unspecified atom stereocenters. The first-order valence-electron chi connectivity index (χ1n) is 5.58. The van der Waals surface area contributed by atoms with E-state index in [1.807, 2.05) is 0 Å². The van der Waals surface area contributed by atoms with Crippen molar-refractivity contribution < 1.29 is 31.5 Å². The molecule has 0 aliphatic heterocycles. The first-order valence-corrected chi connectivity index (χ1v) is 5.58. The molecule has 0 spiro atoms. The SMILES string of the molecule is COc1c(C(=O)c2cccc(F)c2F)cc(F)c(F)c1F. The molecule has 0 amide bonds. The maximum Gasteiger partial charge on any atom is 0.204 e. The van der Waals surface area contributed by atoms with Crippen molar-refractivity contribution in [3.05, 3.63) is 64.5 Å². The van der Waals surface area contributed by atoms with Gasteiger partial charge in [0.2, 0.25) is 5.82 Å². The molecule has 0 fully saturated rings. The molecule has 2 aromatic rings. The van der Waals surface area contributed by atoms with Crippen LogP contribution in [-0.4, -0.2) is 12.9 Å². The van der Waals surface area contributed by atoms with E-state index in [1.54, 1.807) is 0 Å². The van der Waals surface area contributed by atoms with Crippen LogP contribution in [0.5, 0.6) is 5.75 Å². The molecule has 0 aliphatic carbocycles. The zero-order chi connectivity index (χ0) is 15.7. The van der Waals surface area contributed by atoms with Crippen LogP contribution in [0.1, 0.15) is 15.9 Å². The number of benzene rings is 2. The van der Waals surface area contributed by atoms with Crippen molar-refractivity contribution in [2.75, 3.05) is 7.11 Å². The monoisotopic (exact) mass is 302 g/mol. The first-order chi connectivity index (χ1) is 9.88. The van der Waals surface area contributed by atoms with Gasteiger partial charge >= 0.3 is 0 Å². The van der Waals surface area contributed by atoms with E-state index in [0.717, 1.165) is 25.3 Å². The van der Waals surface area contributed by atoms with Crippen molar-refractivity contribution in [2.45, 2.75) is 0 Å². The van der Waals surface area contributed by atoms with E-state index >= 15 is 0 Å². The van der Waals surface area contributed by atoms with Crippen LogP contribution in [0.4, 0.5) is 22.0 Å². The summed E-state index contributed by atoms with van der Waals surface area (Å²) in [5.41, 5.74) is -1.50. The largest absolute Gasteiger partial charge is 0.493 e. The Balaban J connectivity index is 2.66. The average molecular weight is 302 g/mol. The van der Waals surface area contributed by atoms with Crippen LogP contribution in [0.25, 0.3) is 0 Å². The van der Waals surface area contributed by atoms with Crippen molar-refractivity contribution in [2.24, 2.45) is 0 Å². The highest BCUT2D eigenvalue weighted by Gasteiger charge is 2.26. The summed E-state index contributed by atoms with van der Waals surface area (Å²) in [4.78, 5) is 12.1. The number of rotatable bonds is 3. The van der Waals surface area contributed by atoms with Crippen LogP contribution < -0.4 is 4.74 Å². The lowest BCUT2D eigenvalue weighted by molar-refractivity contribution is 0.102. The molecular weight excluding hydrogens is 295 g/mol. The van der Waals surface area contributed by atoms with Crippen LogP contribution in [-0.2, 0) is 0 Å². The summed E-state index contributed by atoms with van der Waals surface area (Å²) in [7, 11) is 0.925. The smallest absolute Gasteiger partial charge is 0.204 e. The van der Waals surface area contributed by atoms with Crippen molar-refractivity contribution in [3.63, 3.8) is 0 Å². The minimum atomic E-state index is -1.83. The minimum absolute atomic E-state index is 0.365. The highest BCUT2D eigenvalue weighted by atomic mass is 19.2. The molecule has 0 atom stereocenters. The summed E-state index contributed by atoms with van der Waals surface area (Å²) in [5.74, 6) is -10.1. The van der Waals surface area contributed by atoms with Gasteiger partial charge in [-0.3, -0.25) is 4.79 Å². The third-order valence-corrected chi connectivity index (χ3v) is 2.76. The molecule has 2 nitrogen and oxygen atoms in total. The van der Waals surface area contributed by atoms with E-state index in [-0.39, 0.29) is 0 Å². The van der Waals surface area contributed by atoms with Crippen LogP contribution in [0.2, 0.25) is 0 Å². The molecule has 0 N–H and O–H groups in total. The quantitative estimate of drug-likeness (QED) is 0.492. The van der Waals surface area contributed by atoms with Crippen molar-refractivity contribution in [3.8, 4) is 5.75 Å². The Kier molecular flexibility index (Phi) is 3.93. The van der Waals surface area contributed by atoms with Crippen molar-refractivity contribution in [1.29, 1.82) is 0 Å². The fourth-order valence-electron chi connectivity index (χ4n) is 1.77. The molecule has 2 rings (SSSR count). The third-order valence-electron chi connectivity index (χ3n) is 2.76. The van der Waals surface area contributed by atoms with Crippen LogP contribution in [0.15, 0.2) is 24.3 Å². The normalized spacial score (nSPS) is 10.6. The Labute approximate surface area is 115 Å². The van der Waals surface area contributed by atoms with E-state index in [0.29, 0.717) is 6.07 Å². The number of halogens is 5. The fraction of sp³-hybridized carbons (Fsp3) is 0.0714. The Morgan fingerprint density at radius 2 is 1.57 bits per heavy atom. The lowest BCUT2D eigenvalue weighted by atomic mass is 10.0. The summed E-state index contributed by atoms with van der Waals surface area (Å²) < 4.78 is 71.0. The topological polar surface area (TPSA) is 26.3 Å². The van der Waals surface area contributed by atoms with Gasteiger partial charge in [-0.15, -0.1) is 0 Å². The standard InChI is InChI=1S/C14H7F5O2/c1-21-14-7(5-9(16)11(18)12(14)19)13(20)6-3-2-4-8(15)10(6)17/h2-5H,1H3. The van der Waals surface area contributed by atoms with Crippen LogP contribution in [0.3, 0.4) is 0 Å². The van der Waals surface area contributed by atoms with Gasteiger partial charge in [0.25, 0.3) is 0 Å². The summed E-state index contributed by atoms with van der Waals surface area (Å²) in [6, 6.07) is 3.12. The molecule has 0 radical (unpaired) electrons. The maximum atomic E-state index is 13.6. The molecule has 0 bridgehead atoms. The zero-order valence-corrected chi connectivity index (χ0v) is 10.5. The highest BCUT2D eigenvalue weighted by Crippen LogP contribution is 2.29. The van der Waals surface area contributed by atoms with E-state index in [4.69, 9.17) is 0 Å². The second-order valence-electron chi connectivity index (χ2n) is 4.00. The number of hydrogen-bond donors (Lipinski definition) is 0. The lowest BCUT2D eigenvalue weighted by Crippen LogP contribution is -2.10. The summed E-state index contributed by atoms with van der Waals surface area (Å²) in [6.07, 6.45) is 0. The van der Waals surface area contributed by atoms with Gasteiger partial charge in [0.15, 0.2) is 34.8 Å². The summed E-state index contributed by atoms with van der Waals surface area (Å²) in [5, 5.41) is 0. The zero-order valence-electron chi connectivity index (χ0n) is 10.5. The molecule has 0 aliphatic rings. The molecule has 0 saturated heterocycles. The van der Waals surface area contributed by atoms with Crippen molar-refractivity contribution >= 4 is 5.78 Å². The number of carbonyl (C=O) groups is 1. The third kappa shape index (κ3) is 2.46. The van der Waals surface area contributed by atoms with Gasteiger partial charge in [-0.25, -0.2) is 17.6 Å². The molecule has 21 heavy (non-hydrogen) atoms. The fourth-order valence-corrected chi connectivity index (χ4v) is 1.77. The van der Waals surface area contributed by atoms with Crippen molar-refractivity contribution in [1.82, 2.24) is 0 Å². The molecule has 2 aromatic carbocycles. The van der Waals surface area contributed by atoms with Gasteiger partial charge in [-0.05, 0) is 18.2 Å². The Morgan fingerprint density at radius 3 is 2.19 bits per heavy atom. The van der Waals surface area contributed by atoms with E-state index in [2.05, 4.69) is 4.74 Å². The van der Waals surface area contributed by atoms with Crippen LogP contribution in [0, 0.1) is 29.1 Å². The second kappa shape index (κ2) is 5.51. The van der Waals surface area contributed by atoms with E-state index < -0.39 is 51.7 Å². The molecule has 7 heteroatoms. The van der Waals surface area contributed by atoms with Gasteiger partial charge < -0.3 is 4.74 Å². The van der Waals surface area contributed by atoms with E-state index in [9.17, 15) is 26.7 Å². The number of ketones is 1.